The van der Waals surface area contributed by atoms with Gasteiger partial charge in [-0.25, -0.2) is 15.0 Å². The summed E-state index contributed by atoms with van der Waals surface area (Å²) in [6.45, 7) is 6.55. The van der Waals surface area contributed by atoms with Crippen LogP contribution in [0.15, 0.2) is 6.33 Å². The van der Waals surface area contributed by atoms with Crippen molar-refractivity contribution in [3.8, 4) is 0 Å². The van der Waals surface area contributed by atoms with Gasteiger partial charge >= 0.3 is 0 Å². The van der Waals surface area contributed by atoms with Crippen LogP contribution in [0.1, 0.15) is 0 Å². The average molecular weight is 207 g/mol. The Hall–Kier alpha value is -1.43. The van der Waals surface area contributed by atoms with Crippen LogP contribution in [0, 0.1) is 0 Å². The maximum Gasteiger partial charge on any atom is 0.162 e. The first kappa shape index (κ1) is 9.13. The summed E-state index contributed by atoms with van der Waals surface area (Å²) >= 11 is 0. The van der Waals surface area contributed by atoms with Crippen molar-refractivity contribution in [3.63, 3.8) is 0 Å². The second-order valence-electron chi connectivity index (χ2n) is 4.28. The van der Waals surface area contributed by atoms with Crippen molar-refractivity contribution in [3.05, 3.63) is 6.33 Å². The van der Waals surface area contributed by atoms with E-state index >= 15 is 0 Å². The number of hydrogen-bond donors (Lipinski definition) is 2. The van der Waals surface area contributed by atoms with Crippen LogP contribution in [0.3, 0.4) is 0 Å². The topological polar surface area (TPSA) is 80.5 Å². The van der Waals surface area contributed by atoms with Gasteiger partial charge in [0.1, 0.15) is 19.0 Å². The van der Waals surface area contributed by atoms with E-state index in [1.54, 1.807) is 6.33 Å². The summed E-state index contributed by atoms with van der Waals surface area (Å²) in [4.78, 5) is 15.7. The normalized spacial score (nSPS) is 12.2. The second-order valence-corrected chi connectivity index (χ2v) is 9.23. The molecule has 0 unspecified atom stereocenters. The van der Waals surface area contributed by atoms with E-state index in [1.807, 2.05) is 0 Å². The molecule has 0 spiro atoms. The molecule has 5 nitrogen and oxygen atoms in total. The lowest BCUT2D eigenvalue weighted by Gasteiger charge is -2.13. The van der Waals surface area contributed by atoms with Gasteiger partial charge in [-0.15, -0.1) is 0 Å². The smallest absolute Gasteiger partial charge is 0.162 e. The Morgan fingerprint density at radius 3 is 2.64 bits per heavy atom. The SMILES string of the molecule is C[Si](C)(C)c1nc(N)c2nc[nH]c2n1. The zero-order valence-corrected chi connectivity index (χ0v) is 9.50. The van der Waals surface area contributed by atoms with Crippen LogP contribution < -0.4 is 11.2 Å². The summed E-state index contributed by atoms with van der Waals surface area (Å²) in [5.74, 6) is 0.466. The third-order valence-electron chi connectivity index (χ3n) is 1.98. The lowest BCUT2D eigenvalue weighted by atomic mass is 10.5. The molecular formula is C8H13N5Si. The number of H-pyrrole nitrogens is 1. The molecule has 2 aromatic rings. The summed E-state index contributed by atoms with van der Waals surface area (Å²) in [6, 6.07) is 0. The van der Waals surface area contributed by atoms with E-state index in [2.05, 4.69) is 39.6 Å². The number of nitrogen functional groups attached to an aromatic ring is 1. The fourth-order valence-electron chi connectivity index (χ4n) is 1.19. The van der Waals surface area contributed by atoms with Crippen molar-refractivity contribution in [2.24, 2.45) is 0 Å². The Bertz CT molecular complexity index is 470. The number of hydrogen-bond acceptors (Lipinski definition) is 4. The van der Waals surface area contributed by atoms with Crippen LogP contribution in [0.5, 0.6) is 0 Å². The number of anilines is 1. The van der Waals surface area contributed by atoms with Gasteiger partial charge in [0.15, 0.2) is 11.5 Å². The Labute approximate surface area is 82.8 Å². The summed E-state index contributed by atoms with van der Waals surface area (Å²) in [5, 5.41) is 0. The summed E-state index contributed by atoms with van der Waals surface area (Å²) in [5.41, 5.74) is 8.04. The van der Waals surface area contributed by atoms with Gasteiger partial charge in [-0.2, -0.15) is 0 Å². The number of fused-ring (bicyclic) bond motifs is 1. The van der Waals surface area contributed by atoms with E-state index < -0.39 is 8.07 Å². The number of nitrogens with two attached hydrogens (primary N) is 1. The van der Waals surface area contributed by atoms with E-state index in [0.29, 0.717) is 11.3 Å². The summed E-state index contributed by atoms with van der Waals surface area (Å²) in [7, 11) is -1.51. The number of nitrogens with one attached hydrogen (secondary N) is 1. The van der Waals surface area contributed by atoms with E-state index in [4.69, 9.17) is 5.73 Å². The first-order valence-corrected chi connectivity index (χ1v) is 7.95. The van der Waals surface area contributed by atoms with Crippen LogP contribution in [0.4, 0.5) is 5.82 Å². The number of aromatic amines is 1. The van der Waals surface area contributed by atoms with Crippen LogP contribution >= 0.6 is 0 Å². The van der Waals surface area contributed by atoms with Crippen LogP contribution in [-0.2, 0) is 0 Å². The molecule has 0 aromatic carbocycles. The van der Waals surface area contributed by atoms with Gasteiger partial charge in [0.05, 0.1) is 6.33 Å². The standard InChI is InChI=1S/C8H13N5Si/c1-14(2,3)8-12-6(9)5-7(13-8)11-4-10-5/h4H,1-3H3,(H3,9,10,11,12,13). The van der Waals surface area contributed by atoms with Gasteiger partial charge in [0.25, 0.3) is 0 Å². The van der Waals surface area contributed by atoms with E-state index in [-0.39, 0.29) is 0 Å². The predicted octanol–water partition coefficient (Wildman–Crippen LogP) is 0.480. The highest BCUT2D eigenvalue weighted by atomic mass is 28.3. The molecule has 0 bridgehead atoms. The molecule has 2 aromatic heterocycles. The molecule has 0 aliphatic rings. The molecule has 6 heteroatoms. The zero-order valence-electron chi connectivity index (χ0n) is 8.50. The van der Waals surface area contributed by atoms with Crippen molar-refractivity contribution in [2.45, 2.75) is 19.6 Å². The number of nitrogens with zero attached hydrogens (tertiary/aromatic N) is 3. The number of rotatable bonds is 1. The molecule has 74 valence electrons. The molecule has 0 saturated carbocycles. The molecule has 14 heavy (non-hydrogen) atoms. The molecule has 0 atom stereocenters. The summed E-state index contributed by atoms with van der Waals surface area (Å²) in [6.07, 6.45) is 1.59. The summed E-state index contributed by atoms with van der Waals surface area (Å²) < 4.78 is 0. The molecule has 0 aliphatic carbocycles. The van der Waals surface area contributed by atoms with Crippen molar-refractivity contribution in [1.29, 1.82) is 0 Å². The van der Waals surface area contributed by atoms with E-state index in [9.17, 15) is 0 Å². The van der Waals surface area contributed by atoms with Crippen LogP contribution in [-0.4, -0.2) is 28.0 Å². The largest absolute Gasteiger partial charge is 0.382 e. The average Bonchev–Trinajstić information content (AvgIpc) is 2.50. The maximum absolute atomic E-state index is 5.79. The Balaban J connectivity index is 2.70. The quantitative estimate of drug-likeness (QED) is 0.666. The first-order chi connectivity index (χ1) is 6.48. The second kappa shape index (κ2) is 2.78. The third-order valence-corrected chi connectivity index (χ3v) is 3.54. The van der Waals surface area contributed by atoms with E-state index in [0.717, 1.165) is 11.1 Å². The van der Waals surface area contributed by atoms with Crippen LogP contribution in [0.2, 0.25) is 19.6 Å². The van der Waals surface area contributed by atoms with Gasteiger partial charge in [-0.1, -0.05) is 19.6 Å². The molecule has 0 fully saturated rings. The first-order valence-electron chi connectivity index (χ1n) is 4.45. The number of imidazole rings is 1. The lowest BCUT2D eigenvalue weighted by molar-refractivity contribution is 1.25. The highest BCUT2D eigenvalue weighted by Crippen LogP contribution is 2.11. The van der Waals surface area contributed by atoms with Crippen LogP contribution in [0.25, 0.3) is 11.2 Å². The highest BCUT2D eigenvalue weighted by molar-refractivity contribution is 6.87. The third kappa shape index (κ3) is 1.37. The molecule has 0 amide bonds. The molecule has 3 N–H and O–H groups in total. The minimum Gasteiger partial charge on any atom is -0.382 e. The van der Waals surface area contributed by atoms with Gasteiger partial charge in [0.2, 0.25) is 0 Å². The maximum atomic E-state index is 5.79. The van der Waals surface area contributed by atoms with Gasteiger partial charge in [0, 0.05) is 0 Å². The van der Waals surface area contributed by atoms with Gasteiger partial charge < -0.3 is 10.7 Å². The molecular weight excluding hydrogens is 194 g/mol. The van der Waals surface area contributed by atoms with E-state index in [1.165, 1.54) is 0 Å². The Kier molecular flexibility index (Phi) is 1.81. The van der Waals surface area contributed by atoms with Crippen molar-refractivity contribution in [2.75, 3.05) is 5.73 Å². The lowest BCUT2D eigenvalue weighted by Crippen LogP contribution is -2.42. The van der Waals surface area contributed by atoms with Crippen molar-refractivity contribution >= 4 is 30.5 Å². The highest BCUT2D eigenvalue weighted by Gasteiger charge is 2.22. The number of aromatic nitrogens is 4. The minimum atomic E-state index is -1.51. The monoisotopic (exact) mass is 207 g/mol. The Morgan fingerprint density at radius 1 is 1.29 bits per heavy atom. The molecule has 0 aliphatic heterocycles. The fraction of sp³-hybridized carbons (Fsp3) is 0.375. The minimum absolute atomic E-state index is 0.466. The molecule has 2 rings (SSSR count). The zero-order chi connectivity index (χ0) is 10.3. The predicted molar refractivity (Wildman–Crippen MR) is 59.1 cm³/mol. The molecule has 0 saturated heterocycles. The Morgan fingerprint density at radius 2 is 2.00 bits per heavy atom. The van der Waals surface area contributed by atoms with Crippen molar-refractivity contribution < 1.29 is 0 Å². The van der Waals surface area contributed by atoms with Gasteiger partial charge in [-0.3, -0.25) is 0 Å². The van der Waals surface area contributed by atoms with Gasteiger partial charge in [-0.05, 0) is 0 Å². The molecule has 0 radical (unpaired) electrons. The molecule has 2 heterocycles. The van der Waals surface area contributed by atoms with Crippen molar-refractivity contribution in [1.82, 2.24) is 19.9 Å². The fourth-order valence-corrected chi connectivity index (χ4v) is 2.10.